The van der Waals surface area contributed by atoms with Crippen LogP contribution < -0.4 is 17.7 Å². The van der Waals surface area contributed by atoms with Crippen molar-refractivity contribution >= 4 is 28.4 Å². The number of methoxy groups -OCH3 is 1. The van der Waals surface area contributed by atoms with Crippen LogP contribution in [0, 0.1) is 0 Å². The first-order chi connectivity index (χ1) is 12.9. The van der Waals surface area contributed by atoms with E-state index in [-0.39, 0.29) is 40.9 Å². The first-order valence-electron chi connectivity index (χ1n) is 8.60. The van der Waals surface area contributed by atoms with Crippen LogP contribution >= 0.6 is 0 Å². The molecule has 1 aliphatic heterocycles. The van der Waals surface area contributed by atoms with Crippen LogP contribution in [0.4, 0.5) is 0 Å². The Bertz CT molecular complexity index is 862. The van der Waals surface area contributed by atoms with Gasteiger partial charge < -0.3 is 27.2 Å². The van der Waals surface area contributed by atoms with Crippen LogP contribution in [-0.4, -0.2) is 55.7 Å². The van der Waals surface area contributed by atoms with E-state index in [4.69, 9.17) is 9.47 Å². The molecule has 150 valence electrons. The third-order valence-electron chi connectivity index (χ3n) is 4.39. The summed E-state index contributed by atoms with van der Waals surface area (Å²) in [5.41, 5.74) is 0.944. The van der Waals surface area contributed by atoms with Crippen molar-refractivity contribution in [1.29, 1.82) is 0 Å². The molecule has 0 aromatic heterocycles. The van der Waals surface area contributed by atoms with Crippen LogP contribution in [0.1, 0.15) is 27.1 Å². The Balaban J connectivity index is 0.00000280. The molecule has 1 aromatic rings. The summed E-state index contributed by atoms with van der Waals surface area (Å²) in [6.45, 7) is 0.518. The van der Waals surface area contributed by atoms with Gasteiger partial charge in [0, 0.05) is 36.8 Å². The summed E-state index contributed by atoms with van der Waals surface area (Å²) in [4.78, 5) is 38.1. The molecular weight excluding hydrogens is 402 g/mol. The predicted molar refractivity (Wildman–Crippen MR) is 104 cm³/mol. The maximum absolute atomic E-state index is 12.9. The smallest absolute Gasteiger partial charge is 0.286 e. The van der Waals surface area contributed by atoms with Gasteiger partial charge in [0.2, 0.25) is 6.29 Å². The number of carbonyl (C=O) groups excluding carboxylic acids is 3. The monoisotopic (exact) mass is 423 g/mol. The van der Waals surface area contributed by atoms with Gasteiger partial charge in [-0.25, -0.2) is 0 Å². The van der Waals surface area contributed by atoms with Crippen molar-refractivity contribution in [3.8, 4) is 0 Å². The molecule has 0 spiro atoms. The molecule has 0 fully saturated rings. The molecule has 1 unspecified atom stereocenters. The van der Waals surface area contributed by atoms with E-state index in [9.17, 15) is 14.4 Å². The van der Waals surface area contributed by atoms with Gasteiger partial charge in [-0.2, -0.15) is 0 Å². The predicted octanol–water partition coefficient (Wildman–Crippen LogP) is -1.36. The van der Waals surface area contributed by atoms with Crippen LogP contribution in [0.25, 0.3) is 0 Å². The van der Waals surface area contributed by atoms with Crippen LogP contribution in [0.15, 0.2) is 47.2 Å². The van der Waals surface area contributed by atoms with E-state index in [1.165, 1.54) is 13.2 Å². The molecule has 8 heteroatoms. The Kier molecular flexibility index (Phi) is 7.46. The highest BCUT2D eigenvalue weighted by Crippen LogP contribution is 2.34. The minimum absolute atomic E-state index is 0. The average Bonchev–Trinajstić information content (AvgIpc) is 2.68. The molecule has 3 rings (SSSR count). The fourth-order valence-corrected chi connectivity index (χ4v) is 3.79. The second kappa shape index (κ2) is 9.41. The number of benzene rings is 1. The molecule has 6 nitrogen and oxygen atoms in total. The largest absolute Gasteiger partial charge is 1.00 e. The quantitative estimate of drug-likeness (QED) is 0.451. The number of allylic oxidation sites excluding steroid dienone is 2. The van der Waals surface area contributed by atoms with E-state index in [2.05, 4.69) is 17.8 Å². The number of carbonyl (C=O) groups is 3. The van der Waals surface area contributed by atoms with Gasteiger partial charge in [-0.1, -0.05) is 24.3 Å². The Hall–Kier alpha value is -2.09. The lowest BCUT2D eigenvalue weighted by atomic mass is 9.82. The first-order valence-corrected chi connectivity index (χ1v) is 10.8. The molecule has 2 aliphatic rings. The number of halogens is 1. The highest BCUT2D eigenvalue weighted by atomic mass is 35.5. The van der Waals surface area contributed by atoms with Gasteiger partial charge in [0.1, 0.15) is 5.75 Å². The zero-order valence-electron chi connectivity index (χ0n) is 15.9. The maximum Gasteiger partial charge on any atom is 0.286 e. The van der Waals surface area contributed by atoms with E-state index < -0.39 is 12.2 Å². The molecule has 1 aromatic carbocycles. The van der Waals surface area contributed by atoms with Gasteiger partial charge >= 0.3 is 0 Å². The second-order valence-electron chi connectivity index (χ2n) is 6.52. The lowest BCUT2D eigenvalue weighted by molar-refractivity contribution is -0.128. The zero-order chi connectivity index (χ0) is 19.6. The molecule has 1 amide bonds. The number of ketones is 2. The van der Waals surface area contributed by atoms with Crippen molar-refractivity contribution < 1.29 is 36.3 Å². The molecule has 1 N–H and O–H groups in total. The summed E-state index contributed by atoms with van der Waals surface area (Å²) in [7, 11) is 1.69. The Morgan fingerprint density at radius 1 is 1.18 bits per heavy atom. The summed E-state index contributed by atoms with van der Waals surface area (Å²) in [5.74, 6) is -0.0413. The average molecular weight is 424 g/mol. The second-order valence-corrected chi connectivity index (χ2v) is 8.90. The van der Waals surface area contributed by atoms with Crippen LogP contribution in [0.5, 0.6) is 0 Å². The third kappa shape index (κ3) is 4.32. The highest BCUT2D eigenvalue weighted by molar-refractivity contribution is 7.95. The number of amides is 1. The van der Waals surface area contributed by atoms with E-state index in [1.54, 1.807) is 24.3 Å². The highest BCUT2D eigenvalue weighted by Gasteiger charge is 2.40. The minimum atomic E-state index is -1.09. The summed E-state index contributed by atoms with van der Waals surface area (Å²) in [6, 6.07) is 6.62. The van der Waals surface area contributed by atoms with E-state index in [1.807, 2.05) is 0 Å². The topological polar surface area (TPSA) is 81.7 Å². The van der Waals surface area contributed by atoms with E-state index in [0.29, 0.717) is 28.6 Å². The summed E-state index contributed by atoms with van der Waals surface area (Å²) in [5, 5.41) is 2.79. The Labute approximate surface area is 173 Å². The third-order valence-corrected chi connectivity index (χ3v) is 5.50. The van der Waals surface area contributed by atoms with Gasteiger partial charge in [-0.05, 0) is 17.0 Å². The normalized spacial score (nSPS) is 18.0. The van der Waals surface area contributed by atoms with Crippen LogP contribution in [0.3, 0.4) is 0 Å². The molecular formula is C20H22ClNO5S. The van der Waals surface area contributed by atoms with Crippen LogP contribution in [0.2, 0.25) is 0 Å². The summed E-state index contributed by atoms with van der Waals surface area (Å²) in [6.07, 6.45) is 5.42. The van der Waals surface area contributed by atoms with Gasteiger partial charge in [-0.15, -0.1) is 0 Å². The van der Waals surface area contributed by atoms with Crippen molar-refractivity contribution in [2.24, 2.45) is 0 Å². The number of fused-ring (bicyclic) bond motifs is 1. The number of nitrogens with one attached hydrogen (secondary N) is 1. The molecule has 1 atom stereocenters. The molecule has 0 bridgehead atoms. The number of hydrogen-bond donors (Lipinski definition) is 1. The summed E-state index contributed by atoms with van der Waals surface area (Å²) >= 11 is 0. The molecule has 0 radical (unpaired) electrons. The minimum Gasteiger partial charge on any atom is -1.00 e. The lowest BCUT2D eigenvalue weighted by Gasteiger charge is -2.29. The van der Waals surface area contributed by atoms with Crippen LogP contribution in [-0.2, 0) is 25.2 Å². The number of hydrogen-bond acceptors (Lipinski definition) is 5. The maximum atomic E-state index is 12.9. The fraction of sp³-hybridized carbons (Fsp3) is 0.350. The van der Waals surface area contributed by atoms with Gasteiger partial charge in [-0.3, -0.25) is 14.4 Å². The van der Waals surface area contributed by atoms with E-state index in [0.717, 1.165) is 12.2 Å². The number of ether oxygens (including phenoxy) is 2. The number of Topliss-reactive ketones (excluding diaryl/α,β-unsaturated/α-hetero) is 2. The van der Waals surface area contributed by atoms with Gasteiger partial charge in [0.25, 0.3) is 5.91 Å². The van der Waals surface area contributed by atoms with Crippen molar-refractivity contribution in [3.63, 3.8) is 0 Å². The number of rotatable bonds is 6. The molecule has 0 saturated heterocycles. The van der Waals surface area contributed by atoms with Crippen molar-refractivity contribution in [3.05, 3.63) is 58.4 Å². The zero-order valence-corrected chi connectivity index (χ0v) is 17.5. The fourth-order valence-electron chi connectivity index (χ4n) is 3.07. The standard InChI is InChI=1S/C20H21NO5S.ClH/c1-25-20-16-14(17(22)12-7-4-5-8-13(12)18(16)23)11-15(26-20)19(24)21-9-6-10-27(2)3;/h4-5,7-8,11,20H,6,9-10H2,1-3H3;1H. The van der Waals surface area contributed by atoms with Crippen molar-refractivity contribution in [2.75, 3.05) is 31.9 Å². The van der Waals surface area contributed by atoms with Crippen molar-refractivity contribution in [1.82, 2.24) is 5.32 Å². The molecule has 0 saturated carbocycles. The van der Waals surface area contributed by atoms with Gasteiger partial charge in [0.05, 0.1) is 18.1 Å². The Morgan fingerprint density at radius 3 is 2.43 bits per heavy atom. The molecule has 28 heavy (non-hydrogen) atoms. The molecule has 1 aliphatic carbocycles. The lowest BCUT2D eigenvalue weighted by Crippen LogP contribution is -3.00. The summed E-state index contributed by atoms with van der Waals surface area (Å²) < 4.78 is 10.8. The SMILES string of the molecule is COC1OC(C(=O)NCCC[S+](C)C)=CC2=C1C(=O)c1ccccc1C2=O.[Cl-]. The van der Waals surface area contributed by atoms with Gasteiger partial charge in [0.15, 0.2) is 17.3 Å². The Morgan fingerprint density at radius 2 is 1.82 bits per heavy atom. The van der Waals surface area contributed by atoms with Crippen molar-refractivity contribution in [2.45, 2.75) is 12.7 Å². The first kappa shape index (κ1) is 22.2. The van der Waals surface area contributed by atoms with E-state index >= 15 is 0 Å². The molecule has 1 heterocycles.